The molecular weight excluding hydrogens is 250 g/mol. The van der Waals surface area contributed by atoms with Crippen LogP contribution in [0, 0.1) is 0 Å². The van der Waals surface area contributed by atoms with Crippen LogP contribution in [0.4, 0.5) is 0 Å². The summed E-state index contributed by atoms with van der Waals surface area (Å²) in [4.78, 5) is 0. The lowest BCUT2D eigenvalue weighted by Crippen LogP contribution is -2.10. The number of halogens is 1. The second-order valence-electron chi connectivity index (χ2n) is 4.14. The van der Waals surface area contributed by atoms with Crippen molar-refractivity contribution in [3.8, 4) is 5.75 Å². The van der Waals surface area contributed by atoms with Crippen LogP contribution in [-0.2, 0) is 6.42 Å². The Kier molecular flexibility index (Phi) is 4.28. The number of benzene rings is 1. The fourth-order valence-corrected chi connectivity index (χ4v) is 2.09. The highest BCUT2D eigenvalue weighted by Gasteiger charge is 2.12. The molecule has 2 aromatic rings. The number of methoxy groups -OCH3 is 1. The third kappa shape index (κ3) is 3.06. The topological polar surface area (TPSA) is 48.4 Å². The van der Waals surface area contributed by atoms with E-state index >= 15 is 0 Å². The summed E-state index contributed by atoms with van der Waals surface area (Å²) in [7, 11) is 1.66. The van der Waals surface area contributed by atoms with Gasteiger partial charge in [0.15, 0.2) is 5.22 Å². The van der Waals surface area contributed by atoms with E-state index in [0.717, 1.165) is 24.2 Å². The van der Waals surface area contributed by atoms with E-state index in [2.05, 4.69) is 0 Å². The molecule has 0 spiro atoms. The Hall–Kier alpha value is -1.45. The number of aryl methyl sites for hydroxylation is 1. The second-order valence-corrected chi connectivity index (χ2v) is 4.49. The molecule has 1 unspecified atom stereocenters. The Bertz CT molecular complexity index is 493. The zero-order chi connectivity index (χ0) is 13.0. The first kappa shape index (κ1) is 13.0. The van der Waals surface area contributed by atoms with Crippen LogP contribution >= 0.6 is 11.6 Å². The first-order chi connectivity index (χ1) is 8.70. The van der Waals surface area contributed by atoms with Crippen LogP contribution in [0.5, 0.6) is 5.75 Å². The number of hydrogen-bond donors (Lipinski definition) is 1. The molecule has 0 aliphatic heterocycles. The average molecular weight is 266 g/mol. The predicted octanol–water partition coefficient (Wildman–Crippen LogP) is 3.57. The summed E-state index contributed by atoms with van der Waals surface area (Å²) in [5.41, 5.74) is 8.17. The molecular formula is C14H16ClNO2. The molecule has 0 aliphatic carbocycles. The maximum atomic E-state index is 6.08. The van der Waals surface area contributed by atoms with Crippen molar-refractivity contribution in [2.24, 2.45) is 5.73 Å². The summed E-state index contributed by atoms with van der Waals surface area (Å²) in [6.07, 6.45) is 3.28. The minimum atomic E-state index is -0.0987. The summed E-state index contributed by atoms with van der Waals surface area (Å²) in [5.74, 6) is 0.862. The van der Waals surface area contributed by atoms with Crippen LogP contribution in [0.25, 0.3) is 0 Å². The van der Waals surface area contributed by atoms with Crippen molar-refractivity contribution in [3.63, 3.8) is 0 Å². The molecule has 1 aromatic heterocycles. The van der Waals surface area contributed by atoms with Crippen LogP contribution in [-0.4, -0.2) is 7.11 Å². The molecule has 0 aliphatic rings. The van der Waals surface area contributed by atoms with Crippen molar-refractivity contribution in [1.82, 2.24) is 0 Å². The van der Waals surface area contributed by atoms with Gasteiger partial charge in [0.2, 0.25) is 0 Å². The summed E-state index contributed by atoms with van der Waals surface area (Å²) in [6.45, 7) is 0. The van der Waals surface area contributed by atoms with E-state index < -0.39 is 0 Å². The van der Waals surface area contributed by atoms with Crippen LogP contribution in [0.3, 0.4) is 0 Å². The molecule has 0 bridgehead atoms. The Morgan fingerprint density at radius 3 is 2.56 bits per heavy atom. The molecule has 1 aromatic carbocycles. The van der Waals surface area contributed by atoms with E-state index in [0.29, 0.717) is 5.22 Å². The molecule has 1 atom stereocenters. The average Bonchev–Trinajstić information content (AvgIpc) is 2.83. The molecule has 0 saturated carbocycles. The lowest BCUT2D eigenvalue weighted by molar-refractivity contribution is 0.414. The standard InChI is InChI=1S/C14H16ClNO2/c1-17-11-5-2-10(3-6-11)4-7-13(16)12-8-9-18-14(12)15/h2-3,5-6,8-9,13H,4,7,16H2,1H3. The Morgan fingerprint density at radius 1 is 1.28 bits per heavy atom. The minimum absolute atomic E-state index is 0.0987. The lowest BCUT2D eigenvalue weighted by atomic mass is 10.0. The van der Waals surface area contributed by atoms with Crippen LogP contribution < -0.4 is 10.5 Å². The molecule has 96 valence electrons. The van der Waals surface area contributed by atoms with Gasteiger partial charge in [-0.25, -0.2) is 0 Å². The molecule has 2 rings (SSSR count). The van der Waals surface area contributed by atoms with Gasteiger partial charge in [0, 0.05) is 11.6 Å². The normalized spacial score (nSPS) is 12.4. The Balaban J connectivity index is 1.93. The van der Waals surface area contributed by atoms with E-state index in [1.165, 1.54) is 5.56 Å². The van der Waals surface area contributed by atoms with Gasteiger partial charge in [0.25, 0.3) is 0 Å². The predicted molar refractivity (Wildman–Crippen MR) is 72.0 cm³/mol. The van der Waals surface area contributed by atoms with Gasteiger partial charge in [0.05, 0.1) is 13.4 Å². The maximum absolute atomic E-state index is 6.08. The largest absolute Gasteiger partial charge is 0.497 e. The van der Waals surface area contributed by atoms with Crippen molar-refractivity contribution in [1.29, 1.82) is 0 Å². The smallest absolute Gasteiger partial charge is 0.197 e. The molecule has 0 radical (unpaired) electrons. The van der Waals surface area contributed by atoms with Gasteiger partial charge in [0.1, 0.15) is 5.75 Å². The quantitative estimate of drug-likeness (QED) is 0.899. The van der Waals surface area contributed by atoms with Gasteiger partial charge in [-0.05, 0) is 48.2 Å². The number of nitrogens with two attached hydrogens (primary N) is 1. The SMILES string of the molecule is COc1ccc(CCC(N)c2ccoc2Cl)cc1. The number of ether oxygens (including phenoxy) is 1. The van der Waals surface area contributed by atoms with Crippen LogP contribution in [0.15, 0.2) is 41.0 Å². The van der Waals surface area contributed by atoms with Crippen molar-refractivity contribution in [3.05, 3.63) is 52.9 Å². The zero-order valence-corrected chi connectivity index (χ0v) is 11.0. The highest BCUT2D eigenvalue weighted by atomic mass is 35.5. The monoisotopic (exact) mass is 265 g/mol. The second kappa shape index (κ2) is 5.94. The highest BCUT2D eigenvalue weighted by molar-refractivity contribution is 6.29. The molecule has 1 heterocycles. The van der Waals surface area contributed by atoms with E-state index in [1.54, 1.807) is 13.4 Å². The number of furan rings is 1. The van der Waals surface area contributed by atoms with Gasteiger partial charge in [-0.2, -0.15) is 0 Å². The first-order valence-electron chi connectivity index (χ1n) is 5.82. The molecule has 3 nitrogen and oxygen atoms in total. The van der Waals surface area contributed by atoms with Crippen LogP contribution in [0.2, 0.25) is 5.22 Å². The number of rotatable bonds is 5. The van der Waals surface area contributed by atoms with E-state index in [1.807, 2.05) is 30.3 Å². The summed E-state index contributed by atoms with van der Waals surface area (Å²) in [6, 6.07) is 9.71. The molecule has 4 heteroatoms. The third-order valence-corrected chi connectivity index (χ3v) is 3.26. The maximum Gasteiger partial charge on any atom is 0.197 e. The molecule has 0 amide bonds. The summed E-state index contributed by atoms with van der Waals surface area (Å²) >= 11 is 5.89. The molecule has 18 heavy (non-hydrogen) atoms. The Labute approximate surface area is 111 Å². The minimum Gasteiger partial charge on any atom is -0.497 e. The van der Waals surface area contributed by atoms with Crippen molar-refractivity contribution >= 4 is 11.6 Å². The van der Waals surface area contributed by atoms with Crippen LogP contribution in [0.1, 0.15) is 23.6 Å². The van der Waals surface area contributed by atoms with Crippen molar-refractivity contribution in [2.75, 3.05) is 7.11 Å². The molecule has 0 saturated heterocycles. The van der Waals surface area contributed by atoms with Gasteiger partial charge < -0.3 is 14.9 Å². The first-order valence-corrected chi connectivity index (χ1v) is 6.20. The van der Waals surface area contributed by atoms with Gasteiger partial charge >= 0.3 is 0 Å². The summed E-state index contributed by atoms with van der Waals surface area (Å²) < 4.78 is 10.2. The third-order valence-electron chi connectivity index (χ3n) is 2.95. The van der Waals surface area contributed by atoms with E-state index in [4.69, 9.17) is 26.5 Å². The molecule has 2 N–H and O–H groups in total. The van der Waals surface area contributed by atoms with E-state index in [-0.39, 0.29) is 6.04 Å². The van der Waals surface area contributed by atoms with Crippen molar-refractivity contribution < 1.29 is 9.15 Å². The lowest BCUT2D eigenvalue weighted by Gasteiger charge is -2.10. The fourth-order valence-electron chi connectivity index (χ4n) is 1.84. The van der Waals surface area contributed by atoms with Gasteiger partial charge in [-0.1, -0.05) is 12.1 Å². The zero-order valence-electron chi connectivity index (χ0n) is 10.2. The van der Waals surface area contributed by atoms with Gasteiger partial charge in [-0.3, -0.25) is 0 Å². The molecule has 0 fully saturated rings. The highest BCUT2D eigenvalue weighted by Crippen LogP contribution is 2.25. The van der Waals surface area contributed by atoms with Gasteiger partial charge in [-0.15, -0.1) is 0 Å². The Morgan fingerprint density at radius 2 is 2.00 bits per heavy atom. The summed E-state index contributed by atoms with van der Waals surface area (Å²) in [5, 5.41) is 0.386. The van der Waals surface area contributed by atoms with Crippen molar-refractivity contribution in [2.45, 2.75) is 18.9 Å². The van der Waals surface area contributed by atoms with E-state index in [9.17, 15) is 0 Å². The fraction of sp³-hybridized carbons (Fsp3) is 0.286. The number of hydrogen-bond acceptors (Lipinski definition) is 3.